The fraction of sp³-hybridized carbons (Fsp3) is 0.471. The molecule has 0 bridgehead atoms. The van der Waals surface area contributed by atoms with E-state index >= 15 is 0 Å². The van der Waals surface area contributed by atoms with Crippen LogP contribution in [0.15, 0.2) is 30.6 Å². The number of fused-ring (bicyclic) bond motifs is 1. The molecule has 0 saturated carbocycles. The molecule has 0 aromatic carbocycles. The summed E-state index contributed by atoms with van der Waals surface area (Å²) in [5, 5.41) is 3.70. The van der Waals surface area contributed by atoms with Crippen molar-refractivity contribution in [3.63, 3.8) is 0 Å². The molecule has 2 atom stereocenters. The maximum atomic E-state index is 4.08. The van der Waals surface area contributed by atoms with E-state index in [4.69, 9.17) is 0 Å². The predicted octanol–water partition coefficient (Wildman–Crippen LogP) is 4.43. The zero-order valence-electron chi connectivity index (χ0n) is 12.2. The molecule has 1 aliphatic rings. The molecule has 3 heteroatoms. The minimum absolute atomic E-state index is 0.354. The number of pyridine rings is 1. The van der Waals surface area contributed by atoms with E-state index < -0.39 is 0 Å². The molecule has 0 saturated heterocycles. The summed E-state index contributed by atoms with van der Waals surface area (Å²) in [5.41, 5.74) is 2.90. The quantitative estimate of drug-likeness (QED) is 0.899. The van der Waals surface area contributed by atoms with E-state index in [1.165, 1.54) is 36.1 Å². The third-order valence-corrected chi connectivity index (χ3v) is 5.57. The molecule has 1 unspecified atom stereocenters. The van der Waals surface area contributed by atoms with Crippen molar-refractivity contribution in [3.05, 3.63) is 51.5 Å². The van der Waals surface area contributed by atoms with Gasteiger partial charge in [-0.15, -0.1) is 11.3 Å². The third kappa shape index (κ3) is 2.94. The number of hydrogen-bond donors (Lipinski definition) is 1. The van der Waals surface area contributed by atoms with Gasteiger partial charge in [0.1, 0.15) is 0 Å². The van der Waals surface area contributed by atoms with Crippen LogP contribution in [0.3, 0.4) is 0 Å². The first-order chi connectivity index (χ1) is 9.74. The summed E-state index contributed by atoms with van der Waals surface area (Å²) in [7, 11) is 0. The summed E-state index contributed by atoms with van der Waals surface area (Å²) < 4.78 is 0. The Bertz CT molecular complexity index is 538. The maximum absolute atomic E-state index is 4.08. The van der Waals surface area contributed by atoms with Crippen LogP contribution in [0.25, 0.3) is 0 Å². The van der Waals surface area contributed by atoms with Crippen molar-refractivity contribution >= 4 is 11.3 Å². The fourth-order valence-electron chi connectivity index (χ4n) is 2.93. The molecule has 2 aromatic rings. The average molecular weight is 286 g/mol. The van der Waals surface area contributed by atoms with Crippen LogP contribution in [0.2, 0.25) is 0 Å². The Labute approximate surface area is 125 Å². The molecule has 0 amide bonds. The second-order valence-corrected chi connectivity index (χ2v) is 6.86. The first-order valence-corrected chi connectivity index (χ1v) is 8.33. The molecule has 1 N–H and O–H groups in total. The number of rotatable bonds is 4. The zero-order chi connectivity index (χ0) is 13.9. The number of aryl methyl sites for hydroxylation is 2. The van der Waals surface area contributed by atoms with Crippen LogP contribution >= 0.6 is 11.3 Å². The van der Waals surface area contributed by atoms with Crippen LogP contribution in [0.1, 0.15) is 59.7 Å². The highest BCUT2D eigenvalue weighted by Gasteiger charge is 2.18. The lowest BCUT2D eigenvalue weighted by Crippen LogP contribution is -2.21. The summed E-state index contributed by atoms with van der Waals surface area (Å²) in [6.07, 6.45) is 9.01. The van der Waals surface area contributed by atoms with Crippen molar-refractivity contribution in [2.45, 2.75) is 51.6 Å². The van der Waals surface area contributed by atoms with Gasteiger partial charge in [-0.25, -0.2) is 0 Å². The molecule has 1 aliphatic carbocycles. The second kappa shape index (κ2) is 6.06. The molecule has 106 valence electrons. The monoisotopic (exact) mass is 286 g/mol. The minimum Gasteiger partial charge on any atom is -0.303 e. The smallest absolute Gasteiger partial charge is 0.0391 e. The number of nitrogens with zero attached hydrogens (tertiary/aromatic N) is 1. The number of aromatic nitrogens is 1. The van der Waals surface area contributed by atoms with E-state index in [1.807, 2.05) is 23.7 Å². The highest BCUT2D eigenvalue weighted by atomic mass is 32.1. The molecular formula is C17H22N2S. The Morgan fingerprint density at radius 2 is 1.85 bits per heavy atom. The fourth-order valence-corrected chi connectivity index (χ4v) is 4.20. The van der Waals surface area contributed by atoms with Gasteiger partial charge in [0.2, 0.25) is 0 Å². The van der Waals surface area contributed by atoms with Crippen LogP contribution in [-0.4, -0.2) is 4.98 Å². The van der Waals surface area contributed by atoms with Crippen molar-refractivity contribution in [3.8, 4) is 0 Å². The van der Waals surface area contributed by atoms with Gasteiger partial charge >= 0.3 is 0 Å². The van der Waals surface area contributed by atoms with Crippen molar-refractivity contribution in [2.24, 2.45) is 0 Å². The van der Waals surface area contributed by atoms with Gasteiger partial charge in [0.05, 0.1) is 0 Å². The third-order valence-electron chi connectivity index (χ3n) is 4.15. The van der Waals surface area contributed by atoms with Crippen LogP contribution in [0.4, 0.5) is 0 Å². The Hall–Kier alpha value is -1.19. The van der Waals surface area contributed by atoms with Gasteiger partial charge in [0.25, 0.3) is 0 Å². The Balaban J connectivity index is 1.70. The van der Waals surface area contributed by atoms with Crippen molar-refractivity contribution in [1.29, 1.82) is 0 Å². The van der Waals surface area contributed by atoms with E-state index in [1.54, 1.807) is 10.4 Å². The van der Waals surface area contributed by atoms with Crippen LogP contribution in [0, 0.1) is 0 Å². The van der Waals surface area contributed by atoms with Crippen LogP contribution in [-0.2, 0) is 12.8 Å². The van der Waals surface area contributed by atoms with Crippen LogP contribution < -0.4 is 5.32 Å². The molecular weight excluding hydrogens is 264 g/mol. The maximum Gasteiger partial charge on any atom is 0.0391 e. The number of nitrogens with one attached hydrogen (secondary N) is 1. The van der Waals surface area contributed by atoms with Crippen LogP contribution in [0.5, 0.6) is 0 Å². The molecule has 0 radical (unpaired) electrons. The lowest BCUT2D eigenvalue weighted by Gasteiger charge is -2.19. The average Bonchev–Trinajstić information content (AvgIpc) is 2.92. The van der Waals surface area contributed by atoms with Gasteiger partial charge in [0, 0.05) is 34.2 Å². The lowest BCUT2D eigenvalue weighted by molar-refractivity contribution is 0.499. The molecule has 2 heterocycles. The Kier molecular flexibility index (Phi) is 4.18. The first kappa shape index (κ1) is 13.8. The molecule has 2 nitrogen and oxygen atoms in total. The van der Waals surface area contributed by atoms with Crippen molar-refractivity contribution in [1.82, 2.24) is 10.3 Å². The lowest BCUT2D eigenvalue weighted by atomic mass is 9.99. The molecule has 0 aliphatic heterocycles. The van der Waals surface area contributed by atoms with Gasteiger partial charge in [-0.3, -0.25) is 4.98 Å². The number of hydrogen-bond acceptors (Lipinski definition) is 3. The minimum atomic E-state index is 0.354. The van der Waals surface area contributed by atoms with E-state index in [-0.39, 0.29) is 0 Å². The molecule has 3 rings (SSSR count). The molecule has 20 heavy (non-hydrogen) atoms. The molecule has 0 spiro atoms. The van der Waals surface area contributed by atoms with Crippen molar-refractivity contribution in [2.75, 3.05) is 0 Å². The zero-order valence-corrected chi connectivity index (χ0v) is 13.0. The summed E-state index contributed by atoms with van der Waals surface area (Å²) in [6.45, 7) is 4.49. The topological polar surface area (TPSA) is 24.9 Å². The highest BCUT2D eigenvalue weighted by molar-refractivity contribution is 7.12. The Morgan fingerprint density at radius 1 is 1.10 bits per heavy atom. The summed E-state index contributed by atoms with van der Waals surface area (Å²) >= 11 is 2.01. The van der Waals surface area contributed by atoms with E-state index in [0.717, 1.165) is 0 Å². The Morgan fingerprint density at radius 3 is 2.60 bits per heavy atom. The molecule has 2 aromatic heterocycles. The summed E-state index contributed by atoms with van der Waals surface area (Å²) in [6, 6.07) is 7.37. The van der Waals surface area contributed by atoms with E-state index in [0.29, 0.717) is 12.1 Å². The van der Waals surface area contributed by atoms with E-state index in [2.05, 4.69) is 42.3 Å². The SMILES string of the molecule is CC(N[C@H](C)c1ccncc1)c1cc2c(s1)CCCC2. The van der Waals surface area contributed by atoms with Gasteiger partial charge < -0.3 is 5.32 Å². The van der Waals surface area contributed by atoms with Gasteiger partial charge in [-0.1, -0.05) is 0 Å². The first-order valence-electron chi connectivity index (χ1n) is 7.51. The van der Waals surface area contributed by atoms with Gasteiger partial charge in [0.15, 0.2) is 0 Å². The largest absolute Gasteiger partial charge is 0.303 e. The highest BCUT2D eigenvalue weighted by Crippen LogP contribution is 2.33. The second-order valence-electron chi connectivity index (χ2n) is 5.69. The van der Waals surface area contributed by atoms with E-state index in [9.17, 15) is 0 Å². The normalized spacial score (nSPS) is 17.5. The van der Waals surface area contributed by atoms with Gasteiger partial charge in [-0.05, 0) is 68.9 Å². The predicted molar refractivity (Wildman–Crippen MR) is 85.2 cm³/mol. The van der Waals surface area contributed by atoms with Gasteiger partial charge in [-0.2, -0.15) is 0 Å². The standard InChI is InChI=1S/C17H22N2S/c1-12(14-7-9-18-10-8-14)19-13(2)17-11-15-5-3-4-6-16(15)20-17/h7-13,19H,3-6H2,1-2H3/t12-,13?/m1/s1. The van der Waals surface area contributed by atoms with Crippen molar-refractivity contribution < 1.29 is 0 Å². The molecule has 0 fully saturated rings. The summed E-state index contributed by atoms with van der Waals surface area (Å²) in [5.74, 6) is 0. The number of thiophene rings is 1. The summed E-state index contributed by atoms with van der Waals surface area (Å²) in [4.78, 5) is 7.19.